The van der Waals surface area contributed by atoms with Crippen molar-refractivity contribution in [3.05, 3.63) is 35.9 Å². The fourth-order valence-electron chi connectivity index (χ4n) is 4.45. The molecule has 1 aromatic heterocycles. The number of rotatable bonds is 6. The third-order valence-electron chi connectivity index (χ3n) is 5.98. The largest absolute Gasteiger partial charge is 0.356 e. The van der Waals surface area contributed by atoms with E-state index in [0.29, 0.717) is 18.0 Å². The van der Waals surface area contributed by atoms with Gasteiger partial charge in [-0.25, -0.2) is 4.98 Å². The minimum Gasteiger partial charge on any atom is -0.356 e. The number of hydrogen-bond donors (Lipinski definition) is 1. The number of benzene rings is 1. The minimum absolute atomic E-state index is 0.00523. The number of amides is 1. The number of nitrogens with zero attached hydrogens (tertiary/aromatic N) is 3. The van der Waals surface area contributed by atoms with E-state index in [-0.39, 0.29) is 5.91 Å². The van der Waals surface area contributed by atoms with Crippen molar-refractivity contribution >= 4 is 22.6 Å². The van der Waals surface area contributed by atoms with E-state index in [1.54, 1.807) is 0 Å². The second kappa shape index (κ2) is 8.91. The molecule has 1 N–H and O–H groups in total. The Morgan fingerprint density at radius 2 is 1.79 bits per heavy atom. The van der Waals surface area contributed by atoms with Gasteiger partial charge in [0.05, 0.1) is 11.1 Å². The van der Waals surface area contributed by atoms with Crippen molar-refractivity contribution in [3.8, 4) is 0 Å². The second-order valence-corrected chi connectivity index (χ2v) is 8.42. The van der Waals surface area contributed by atoms with Crippen LogP contribution in [0.2, 0.25) is 0 Å². The monoisotopic (exact) mass is 380 g/mol. The van der Waals surface area contributed by atoms with Crippen LogP contribution in [0.1, 0.15) is 49.4 Å². The number of hydrogen-bond acceptors (Lipinski definition) is 4. The highest BCUT2D eigenvalue weighted by Gasteiger charge is 2.22. The standard InChI is InChI=1S/C23H32N4O/c1-18(17-26-11-5-2-6-12-26)16-24-23(28)20-15-19-9-3-4-10-21(19)25-22(20)27-13-7-8-14-27/h3-4,9-10,15,18H,2,5-8,11-14,16-17H2,1H3,(H,24,28). The smallest absolute Gasteiger partial charge is 0.255 e. The van der Waals surface area contributed by atoms with E-state index in [1.165, 1.54) is 45.2 Å². The van der Waals surface area contributed by atoms with Crippen LogP contribution in [0.25, 0.3) is 10.9 Å². The number of pyridine rings is 1. The quantitative estimate of drug-likeness (QED) is 0.830. The predicted octanol–water partition coefficient (Wildman–Crippen LogP) is 3.69. The molecule has 3 heterocycles. The molecule has 28 heavy (non-hydrogen) atoms. The molecule has 0 radical (unpaired) electrons. The van der Waals surface area contributed by atoms with Crippen LogP contribution in [-0.4, -0.2) is 55.1 Å². The van der Waals surface area contributed by atoms with E-state index < -0.39 is 0 Å². The number of carbonyl (C=O) groups is 1. The Morgan fingerprint density at radius 3 is 2.57 bits per heavy atom. The topological polar surface area (TPSA) is 48.5 Å². The Bertz CT molecular complexity index is 809. The highest BCUT2D eigenvalue weighted by molar-refractivity contribution is 6.02. The van der Waals surface area contributed by atoms with Crippen LogP contribution < -0.4 is 10.2 Å². The second-order valence-electron chi connectivity index (χ2n) is 8.42. The number of para-hydroxylation sites is 1. The molecule has 2 saturated heterocycles. The van der Waals surface area contributed by atoms with Crippen molar-refractivity contribution in [2.24, 2.45) is 5.92 Å². The van der Waals surface area contributed by atoms with Gasteiger partial charge in [-0.1, -0.05) is 31.5 Å². The van der Waals surface area contributed by atoms with E-state index in [2.05, 4.69) is 22.0 Å². The molecular weight excluding hydrogens is 348 g/mol. The first-order valence-electron chi connectivity index (χ1n) is 10.9. The summed E-state index contributed by atoms with van der Waals surface area (Å²) in [6, 6.07) is 10.1. The zero-order valence-electron chi connectivity index (χ0n) is 17.0. The molecule has 0 bridgehead atoms. The summed E-state index contributed by atoms with van der Waals surface area (Å²) in [7, 11) is 0. The van der Waals surface area contributed by atoms with E-state index in [0.717, 1.165) is 36.4 Å². The van der Waals surface area contributed by atoms with Gasteiger partial charge in [-0.15, -0.1) is 0 Å². The summed E-state index contributed by atoms with van der Waals surface area (Å²) < 4.78 is 0. The fourth-order valence-corrected chi connectivity index (χ4v) is 4.45. The number of anilines is 1. The van der Waals surface area contributed by atoms with Crippen molar-refractivity contribution in [2.45, 2.75) is 39.0 Å². The molecule has 0 spiro atoms. The van der Waals surface area contributed by atoms with Crippen LogP contribution in [-0.2, 0) is 0 Å². The molecule has 1 aromatic carbocycles. The first kappa shape index (κ1) is 19.2. The summed E-state index contributed by atoms with van der Waals surface area (Å²) in [5.41, 5.74) is 1.67. The number of nitrogens with one attached hydrogen (secondary N) is 1. The van der Waals surface area contributed by atoms with Crippen molar-refractivity contribution in [1.29, 1.82) is 0 Å². The highest BCUT2D eigenvalue weighted by atomic mass is 16.1. The number of fused-ring (bicyclic) bond motifs is 1. The van der Waals surface area contributed by atoms with E-state index in [9.17, 15) is 4.79 Å². The van der Waals surface area contributed by atoms with Crippen LogP contribution in [0, 0.1) is 5.92 Å². The van der Waals surface area contributed by atoms with Crippen LogP contribution in [0.3, 0.4) is 0 Å². The third-order valence-corrected chi connectivity index (χ3v) is 5.98. The lowest BCUT2D eigenvalue weighted by molar-refractivity contribution is 0.0943. The minimum atomic E-state index is 0.00523. The Balaban J connectivity index is 1.47. The van der Waals surface area contributed by atoms with Crippen molar-refractivity contribution in [3.63, 3.8) is 0 Å². The molecule has 150 valence electrons. The Kier molecular flexibility index (Phi) is 6.10. The molecule has 2 aliphatic rings. The van der Waals surface area contributed by atoms with E-state index >= 15 is 0 Å². The maximum atomic E-state index is 13.1. The van der Waals surface area contributed by atoms with Crippen molar-refractivity contribution in [2.75, 3.05) is 44.2 Å². The van der Waals surface area contributed by atoms with Crippen LogP contribution in [0.4, 0.5) is 5.82 Å². The highest BCUT2D eigenvalue weighted by Crippen LogP contribution is 2.26. The van der Waals surface area contributed by atoms with E-state index in [1.807, 2.05) is 30.3 Å². The zero-order valence-corrected chi connectivity index (χ0v) is 17.0. The third kappa shape index (κ3) is 4.46. The summed E-state index contributed by atoms with van der Waals surface area (Å²) in [4.78, 5) is 22.7. The van der Waals surface area contributed by atoms with Gasteiger partial charge in [0.1, 0.15) is 5.82 Å². The molecule has 1 atom stereocenters. The molecule has 0 aliphatic carbocycles. The molecule has 5 nitrogen and oxygen atoms in total. The summed E-state index contributed by atoms with van der Waals surface area (Å²) in [5, 5.41) is 4.21. The van der Waals surface area contributed by atoms with Crippen LogP contribution in [0.15, 0.2) is 30.3 Å². The lowest BCUT2D eigenvalue weighted by Gasteiger charge is -2.29. The molecule has 2 aromatic rings. The van der Waals surface area contributed by atoms with E-state index in [4.69, 9.17) is 4.98 Å². The van der Waals surface area contributed by atoms with Gasteiger partial charge >= 0.3 is 0 Å². The van der Waals surface area contributed by atoms with Gasteiger partial charge in [-0.2, -0.15) is 0 Å². The van der Waals surface area contributed by atoms with Crippen LogP contribution >= 0.6 is 0 Å². The molecule has 0 saturated carbocycles. The lowest BCUT2D eigenvalue weighted by atomic mass is 10.1. The lowest BCUT2D eigenvalue weighted by Crippen LogP contribution is -2.38. The maximum absolute atomic E-state index is 13.1. The normalized spacial score (nSPS) is 19.1. The van der Waals surface area contributed by atoms with Gasteiger partial charge in [0.15, 0.2) is 0 Å². The first-order valence-corrected chi connectivity index (χ1v) is 10.9. The molecule has 2 fully saturated rings. The number of aromatic nitrogens is 1. The number of carbonyl (C=O) groups excluding carboxylic acids is 1. The Hall–Kier alpha value is -2.14. The Morgan fingerprint density at radius 1 is 1.07 bits per heavy atom. The van der Waals surface area contributed by atoms with Gasteiger partial charge < -0.3 is 15.1 Å². The first-order chi connectivity index (χ1) is 13.7. The van der Waals surface area contributed by atoms with Gasteiger partial charge in [-0.3, -0.25) is 4.79 Å². The molecule has 2 aliphatic heterocycles. The molecule has 1 amide bonds. The predicted molar refractivity (Wildman–Crippen MR) is 115 cm³/mol. The van der Waals surface area contributed by atoms with Gasteiger partial charge in [0, 0.05) is 31.6 Å². The summed E-state index contributed by atoms with van der Waals surface area (Å²) in [6.07, 6.45) is 6.31. The SMILES string of the molecule is CC(CNC(=O)c1cc2ccccc2nc1N1CCCC1)CN1CCCCC1. The summed E-state index contributed by atoms with van der Waals surface area (Å²) in [5.74, 6) is 1.30. The van der Waals surface area contributed by atoms with Crippen LogP contribution in [0.5, 0.6) is 0 Å². The average Bonchev–Trinajstić information content (AvgIpc) is 3.26. The van der Waals surface area contributed by atoms with Gasteiger partial charge in [-0.05, 0) is 56.8 Å². The van der Waals surface area contributed by atoms with Crippen molar-refractivity contribution in [1.82, 2.24) is 15.2 Å². The molecule has 1 unspecified atom stereocenters. The van der Waals surface area contributed by atoms with Gasteiger partial charge in [0.2, 0.25) is 0 Å². The average molecular weight is 381 g/mol. The zero-order chi connectivity index (χ0) is 19.3. The maximum Gasteiger partial charge on any atom is 0.255 e. The van der Waals surface area contributed by atoms with Crippen molar-refractivity contribution < 1.29 is 4.79 Å². The molecular formula is C23H32N4O. The summed E-state index contributed by atoms with van der Waals surface area (Å²) in [6.45, 7) is 8.37. The number of piperidine rings is 1. The number of likely N-dealkylation sites (tertiary alicyclic amines) is 1. The van der Waals surface area contributed by atoms with Gasteiger partial charge in [0.25, 0.3) is 5.91 Å². The fraction of sp³-hybridized carbons (Fsp3) is 0.565. The summed E-state index contributed by atoms with van der Waals surface area (Å²) >= 11 is 0. The molecule has 4 rings (SSSR count). The molecule has 5 heteroatoms. The Labute approximate surface area is 168 Å².